The molecule has 0 saturated heterocycles. The highest BCUT2D eigenvalue weighted by Gasteiger charge is 2.12. The average molecular weight is 305 g/mol. The lowest BCUT2D eigenvalue weighted by Crippen LogP contribution is -2.17. The normalized spacial score (nSPS) is 11.3. The molecule has 0 aliphatic carbocycles. The molecule has 0 spiro atoms. The molecule has 0 fully saturated rings. The van der Waals surface area contributed by atoms with Crippen LogP contribution in [0.4, 0.5) is 0 Å². The van der Waals surface area contributed by atoms with Crippen LogP contribution in [0.2, 0.25) is 5.02 Å². The Morgan fingerprint density at radius 2 is 2.00 bits per heavy atom. The maximum absolute atomic E-state index is 11.5. The van der Waals surface area contributed by atoms with Gasteiger partial charge < -0.3 is 4.74 Å². The van der Waals surface area contributed by atoms with Crippen LogP contribution in [-0.4, -0.2) is 32.3 Å². The van der Waals surface area contributed by atoms with Crippen LogP contribution in [0.5, 0.6) is 5.75 Å². The summed E-state index contributed by atoms with van der Waals surface area (Å²) in [6.45, 7) is 3.25. The van der Waals surface area contributed by atoms with Gasteiger partial charge >= 0.3 is 0 Å². The quantitative estimate of drug-likeness (QED) is 0.727. The maximum Gasteiger partial charge on any atom is 0.163 e. The van der Waals surface area contributed by atoms with E-state index in [2.05, 4.69) is 0 Å². The van der Waals surface area contributed by atoms with Crippen molar-refractivity contribution in [2.45, 2.75) is 20.3 Å². The van der Waals surface area contributed by atoms with Gasteiger partial charge in [0, 0.05) is 5.02 Å². The van der Waals surface area contributed by atoms with Crippen molar-refractivity contribution in [1.82, 2.24) is 0 Å². The fraction of sp³-hybridized carbons (Fsp3) is 0.462. The Balaban J connectivity index is 2.71. The van der Waals surface area contributed by atoms with Gasteiger partial charge in [-0.05, 0) is 31.5 Å². The molecule has 0 heterocycles. The average Bonchev–Trinajstić information content (AvgIpc) is 2.30. The molecule has 1 aromatic rings. The number of Topliss-reactive ketones (excluding diaryl/α,β-unsaturated/α-hetero) is 1. The van der Waals surface area contributed by atoms with E-state index >= 15 is 0 Å². The largest absolute Gasteiger partial charge is 0.492 e. The van der Waals surface area contributed by atoms with Crippen LogP contribution in [0, 0.1) is 0 Å². The van der Waals surface area contributed by atoms with Crippen LogP contribution in [0.1, 0.15) is 30.6 Å². The number of carbonyl (C=O) groups is 1. The van der Waals surface area contributed by atoms with Gasteiger partial charge in [-0.15, -0.1) is 0 Å². The van der Waals surface area contributed by atoms with Gasteiger partial charge in [0.2, 0.25) is 0 Å². The van der Waals surface area contributed by atoms with Gasteiger partial charge in [0.15, 0.2) is 15.6 Å². The van der Waals surface area contributed by atoms with Crippen LogP contribution >= 0.6 is 11.6 Å². The second-order valence-corrected chi connectivity index (χ2v) is 6.94. The molecule has 106 valence electrons. The lowest BCUT2D eigenvalue weighted by Gasteiger charge is -2.10. The van der Waals surface area contributed by atoms with E-state index in [0.29, 0.717) is 22.8 Å². The molecule has 4 nitrogen and oxygen atoms in total. The van der Waals surface area contributed by atoms with E-state index in [1.54, 1.807) is 12.1 Å². The van der Waals surface area contributed by atoms with E-state index in [1.165, 1.54) is 13.0 Å². The van der Waals surface area contributed by atoms with Crippen molar-refractivity contribution in [3.63, 3.8) is 0 Å². The lowest BCUT2D eigenvalue weighted by molar-refractivity contribution is 0.101. The van der Waals surface area contributed by atoms with E-state index in [9.17, 15) is 13.2 Å². The van der Waals surface area contributed by atoms with Crippen LogP contribution in [-0.2, 0) is 9.84 Å². The van der Waals surface area contributed by atoms with Crippen molar-refractivity contribution >= 4 is 27.2 Å². The predicted octanol–water partition coefficient (Wildman–Crippen LogP) is 2.75. The Kier molecular flexibility index (Phi) is 5.82. The number of hydrogen-bond acceptors (Lipinski definition) is 4. The molecule has 0 amide bonds. The summed E-state index contributed by atoms with van der Waals surface area (Å²) in [5.41, 5.74) is 0.361. The zero-order valence-electron chi connectivity index (χ0n) is 11.0. The lowest BCUT2D eigenvalue weighted by atomic mass is 10.1. The zero-order valence-corrected chi connectivity index (χ0v) is 12.6. The minimum absolute atomic E-state index is 0.0320. The summed E-state index contributed by atoms with van der Waals surface area (Å²) in [5, 5.41) is 0.441. The first-order valence-corrected chi connectivity index (χ1v) is 8.19. The number of carbonyl (C=O) groups excluding carboxylic acids is 1. The maximum atomic E-state index is 11.5. The number of benzene rings is 1. The highest BCUT2D eigenvalue weighted by atomic mass is 35.5. The second kappa shape index (κ2) is 6.91. The topological polar surface area (TPSA) is 60.4 Å². The van der Waals surface area contributed by atoms with Crippen molar-refractivity contribution in [3.05, 3.63) is 28.8 Å². The van der Waals surface area contributed by atoms with Crippen LogP contribution in [0.25, 0.3) is 0 Å². The SMILES string of the molecule is CCCS(=O)(=O)CCOc1ccc(Cl)cc1C(C)=O. The molecule has 0 aliphatic heterocycles. The number of rotatable bonds is 7. The predicted molar refractivity (Wildman–Crippen MR) is 75.9 cm³/mol. The zero-order chi connectivity index (χ0) is 14.5. The minimum atomic E-state index is -3.08. The van der Waals surface area contributed by atoms with E-state index in [4.69, 9.17) is 16.3 Å². The van der Waals surface area contributed by atoms with Gasteiger partial charge in [0.05, 0.1) is 17.1 Å². The molecule has 1 aromatic carbocycles. The highest BCUT2D eigenvalue weighted by molar-refractivity contribution is 7.91. The Bertz CT molecular complexity index is 552. The Morgan fingerprint density at radius 3 is 2.58 bits per heavy atom. The van der Waals surface area contributed by atoms with Gasteiger partial charge in [0.25, 0.3) is 0 Å². The minimum Gasteiger partial charge on any atom is -0.492 e. The summed E-state index contributed by atoms with van der Waals surface area (Å²) in [5.74, 6) is 0.287. The fourth-order valence-electron chi connectivity index (χ4n) is 1.59. The second-order valence-electron chi connectivity index (χ2n) is 4.20. The van der Waals surface area contributed by atoms with Crippen LogP contribution < -0.4 is 4.74 Å². The van der Waals surface area contributed by atoms with E-state index in [1.807, 2.05) is 6.92 Å². The van der Waals surface area contributed by atoms with Crippen molar-refractivity contribution in [2.75, 3.05) is 18.1 Å². The van der Waals surface area contributed by atoms with Crippen molar-refractivity contribution in [2.24, 2.45) is 0 Å². The summed E-state index contributed by atoms with van der Waals surface area (Å²) >= 11 is 5.81. The van der Waals surface area contributed by atoms with Crippen molar-refractivity contribution in [3.8, 4) is 5.75 Å². The van der Waals surface area contributed by atoms with E-state index < -0.39 is 9.84 Å². The van der Waals surface area contributed by atoms with Gasteiger partial charge in [0.1, 0.15) is 12.4 Å². The molecule has 0 atom stereocenters. The molecule has 19 heavy (non-hydrogen) atoms. The molecule has 0 unspecified atom stereocenters. The molecular weight excluding hydrogens is 288 g/mol. The van der Waals surface area contributed by atoms with E-state index in [-0.39, 0.29) is 23.9 Å². The Labute approximate surface area is 118 Å². The highest BCUT2D eigenvalue weighted by Crippen LogP contribution is 2.23. The van der Waals surface area contributed by atoms with Crippen molar-refractivity contribution < 1.29 is 17.9 Å². The van der Waals surface area contributed by atoms with Gasteiger partial charge in [-0.1, -0.05) is 18.5 Å². The summed E-state index contributed by atoms with van der Waals surface area (Å²) in [6.07, 6.45) is 0.585. The third-order valence-electron chi connectivity index (χ3n) is 2.49. The molecular formula is C13H17ClO4S. The third kappa shape index (κ3) is 5.20. The third-order valence-corrected chi connectivity index (χ3v) is 4.54. The Hall–Kier alpha value is -1.07. The van der Waals surface area contributed by atoms with Gasteiger partial charge in [-0.2, -0.15) is 0 Å². The number of sulfone groups is 1. The first-order valence-electron chi connectivity index (χ1n) is 5.99. The number of halogens is 1. The Morgan fingerprint density at radius 1 is 1.32 bits per heavy atom. The molecule has 0 bridgehead atoms. The summed E-state index contributed by atoms with van der Waals surface area (Å²) in [6, 6.07) is 4.69. The number of ether oxygens (including phenoxy) is 1. The summed E-state index contributed by atoms with van der Waals surface area (Å²) < 4.78 is 28.4. The smallest absolute Gasteiger partial charge is 0.163 e. The molecule has 6 heteroatoms. The van der Waals surface area contributed by atoms with Crippen LogP contribution in [0.3, 0.4) is 0 Å². The number of ketones is 1. The van der Waals surface area contributed by atoms with Crippen LogP contribution in [0.15, 0.2) is 18.2 Å². The first kappa shape index (κ1) is 16.0. The fourth-order valence-corrected chi connectivity index (χ4v) is 2.93. The molecule has 0 radical (unpaired) electrons. The van der Waals surface area contributed by atoms with Gasteiger partial charge in [-0.3, -0.25) is 4.79 Å². The standard InChI is InChI=1S/C13H17ClO4S/c1-3-7-19(16,17)8-6-18-13-5-4-11(14)9-12(13)10(2)15/h4-5,9H,3,6-8H2,1-2H3. The number of hydrogen-bond donors (Lipinski definition) is 0. The molecule has 0 N–H and O–H groups in total. The first-order chi connectivity index (χ1) is 8.85. The molecule has 0 saturated carbocycles. The van der Waals surface area contributed by atoms with E-state index in [0.717, 1.165) is 0 Å². The summed E-state index contributed by atoms with van der Waals surface area (Å²) in [7, 11) is -3.08. The summed E-state index contributed by atoms with van der Waals surface area (Å²) in [4.78, 5) is 11.4. The monoisotopic (exact) mass is 304 g/mol. The van der Waals surface area contributed by atoms with Crippen molar-refractivity contribution in [1.29, 1.82) is 0 Å². The molecule has 0 aliphatic rings. The molecule has 0 aromatic heterocycles. The molecule has 1 rings (SSSR count). The van der Waals surface area contributed by atoms with Gasteiger partial charge in [-0.25, -0.2) is 8.42 Å².